The normalized spacial score (nSPS) is 17.0. The molecule has 0 aliphatic carbocycles. The molecule has 3 rings (SSSR count). The summed E-state index contributed by atoms with van der Waals surface area (Å²) in [6.07, 6.45) is 0.147. The summed E-state index contributed by atoms with van der Waals surface area (Å²) in [6.45, 7) is 0.297. The van der Waals surface area contributed by atoms with Gasteiger partial charge in [0.05, 0.1) is 22.3 Å². The van der Waals surface area contributed by atoms with Gasteiger partial charge in [0.25, 0.3) is 0 Å². The molecule has 2 aromatic rings. The number of benzene rings is 2. The highest BCUT2D eigenvalue weighted by Gasteiger charge is 2.35. The summed E-state index contributed by atoms with van der Waals surface area (Å²) in [6, 6.07) is 14.1. The van der Waals surface area contributed by atoms with Gasteiger partial charge in [0.15, 0.2) is 0 Å². The summed E-state index contributed by atoms with van der Waals surface area (Å²) < 4.78 is 0. The van der Waals surface area contributed by atoms with Crippen LogP contribution in [0.1, 0.15) is 6.42 Å². The molecule has 0 saturated carbocycles. The standard InChI is InChI=1S/C17H15Cl2N3O2/c18-12-4-3-5-13(9-12)20-21-17(24)11-8-16(23)22(10-11)15-7-2-1-6-14(15)19/h1-7,9,11,20H,8,10H2,(H,21,24). The largest absolute Gasteiger partial charge is 0.310 e. The zero-order valence-electron chi connectivity index (χ0n) is 12.6. The van der Waals surface area contributed by atoms with Crippen LogP contribution in [0.2, 0.25) is 10.0 Å². The van der Waals surface area contributed by atoms with E-state index in [-0.39, 0.29) is 18.2 Å². The van der Waals surface area contributed by atoms with E-state index < -0.39 is 5.92 Å². The molecule has 124 valence electrons. The number of hydrazine groups is 1. The lowest BCUT2D eigenvalue weighted by Gasteiger charge is -2.18. The highest BCUT2D eigenvalue weighted by molar-refractivity contribution is 6.34. The SMILES string of the molecule is O=C(NNc1cccc(Cl)c1)C1CC(=O)N(c2ccccc2Cl)C1. The van der Waals surface area contributed by atoms with E-state index in [0.29, 0.717) is 28.0 Å². The van der Waals surface area contributed by atoms with E-state index in [1.54, 1.807) is 47.4 Å². The van der Waals surface area contributed by atoms with Gasteiger partial charge in [-0.05, 0) is 30.3 Å². The molecule has 1 heterocycles. The number of rotatable bonds is 4. The van der Waals surface area contributed by atoms with Gasteiger partial charge in [-0.3, -0.25) is 20.4 Å². The zero-order chi connectivity index (χ0) is 17.1. The second-order valence-electron chi connectivity index (χ2n) is 5.48. The lowest BCUT2D eigenvalue weighted by atomic mass is 10.1. The first-order valence-electron chi connectivity index (χ1n) is 7.41. The maximum Gasteiger partial charge on any atom is 0.243 e. The topological polar surface area (TPSA) is 61.4 Å². The fourth-order valence-electron chi connectivity index (χ4n) is 2.59. The van der Waals surface area contributed by atoms with Crippen LogP contribution in [0.4, 0.5) is 11.4 Å². The van der Waals surface area contributed by atoms with E-state index in [1.807, 2.05) is 6.07 Å². The van der Waals surface area contributed by atoms with Crippen LogP contribution in [0.25, 0.3) is 0 Å². The van der Waals surface area contributed by atoms with Crippen molar-refractivity contribution in [3.05, 3.63) is 58.6 Å². The second kappa shape index (κ2) is 7.11. The molecule has 1 aliphatic heterocycles. The molecule has 5 nitrogen and oxygen atoms in total. The molecule has 0 radical (unpaired) electrons. The molecule has 2 aromatic carbocycles. The van der Waals surface area contributed by atoms with Crippen molar-refractivity contribution in [2.45, 2.75) is 6.42 Å². The smallest absolute Gasteiger partial charge is 0.243 e. The van der Waals surface area contributed by atoms with Crippen molar-refractivity contribution in [2.75, 3.05) is 16.9 Å². The first-order chi connectivity index (χ1) is 11.5. The predicted octanol–water partition coefficient (Wildman–Crippen LogP) is 3.49. The number of hydrogen-bond acceptors (Lipinski definition) is 3. The highest BCUT2D eigenvalue weighted by atomic mass is 35.5. The van der Waals surface area contributed by atoms with Crippen LogP contribution in [-0.4, -0.2) is 18.4 Å². The van der Waals surface area contributed by atoms with Gasteiger partial charge in [0.1, 0.15) is 0 Å². The minimum atomic E-state index is -0.444. The number of anilines is 2. The van der Waals surface area contributed by atoms with E-state index in [2.05, 4.69) is 10.9 Å². The third-order valence-corrected chi connectivity index (χ3v) is 4.35. The quantitative estimate of drug-likeness (QED) is 0.817. The number of carbonyl (C=O) groups excluding carboxylic acids is 2. The molecule has 1 fully saturated rings. The van der Waals surface area contributed by atoms with Crippen LogP contribution >= 0.6 is 23.2 Å². The molecule has 0 bridgehead atoms. The van der Waals surface area contributed by atoms with Crippen molar-refractivity contribution in [1.82, 2.24) is 5.43 Å². The lowest BCUT2D eigenvalue weighted by molar-refractivity contribution is -0.125. The van der Waals surface area contributed by atoms with Crippen LogP contribution in [0.3, 0.4) is 0 Å². The molecule has 1 unspecified atom stereocenters. The van der Waals surface area contributed by atoms with Crippen molar-refractivity contribution in [1.29, 1.82) is 0 Å². The molecule has 1 aliphatic rings. The van der Waals surface area contributed by atoms with Gasteiger partial charge in [-0.1, -0.05) is 41.4 Å². The lowest BCUT2D eigenvalue weighted by Crippen LogP contribution is -2.36. The third-order valence-electron chi connectivity index (χ3n) is 3.79. The Bertz CT molecular complexity index is 782. The fraction of sp³-hybridized carbons (Fsp3) is 0.176. The number of nitrogens with one attached hydrogen (secondary N) is 2. The molecular weight excluding hydrogens is 349 g/mol. The van der Waals surface area contributed by atoms with E-state index >= 15 is 0 Å². The van der Waals surface area contributed by atoms with E-state index in [0.717, 1.165) is 0 Å². The molecule has 1 atom stereocenters. The van der Waals surface area contributed by atoms with Gasteiger partial charge in [-0.2, -0.15) is 0 Å². The Balaban J connectivity index is 1.63. The van der Waals surface area contributed by atoms with Crippen molar-refractivity contribution in [2.24, 2.45) is 5.92 Å². The van der Waals surface area contributed by atoms with E-state index in [4.69, 9.17) is 23.2 Å². The summed E-state index contributed by atoms with van der Waals surface area (Å²) >= 11 is 12.0. The summed E-state index contributed by atoms with van der Waals surface area (Å²) in [5.41, 5.74) is 6.72. The first-order valence-corrected chi connectivity index (χ1v) is 8.16. The second-order valence-corrected chi connectivity index (χ2v) is 6.33. The fourth-order valence-corrected chi connectivity index (χ4v) is 3.02. The van der Waals surface area contributed by atoms with Gasteiger partial charge < -0.3 is 4.90 Å². The van der Waals surface area contributed by atoms with Gasteiger partial charge in [-0.15, -0.1) is 0 Å². The number of halogens is 2. The summed E-state index contributed by atoms with van der Waals surface area (Å²) in [4.78, 5) is 26.1. The molecule has 0 aromatic heterocycles. The van der Waals surface area contributed by atoms with Gasteiger partial charge >= 0.3 is 0 Å². The Hall–Kier alpha value is -2.24. The molecule has 7 heteroatoms. The minimum Gasteiger partial charge on any atom is -0.310 e. The Morgan fingerprint density at radius 3 is 2.67 bits per heavy atom. The summed E-state index contributed by atoms with van der Waals surface area (Å²) in [5.74, 6) is -0.815. The third kappa shape index (κ3) is 3.63. The molecule has 1 saturated heterocycles. The molecule has 2 N–H and O–H groups in total. The Morgan fingerprint density at radius 2 is 1.92 bits per heavy atom. The van der Waals surface area contributed by atoms with Gasteiger partial charge in [0, 0.05) is 18.0 Å². The minimum absolute atomic E-state index is 0.119. The zero-order valence-corrected chi connectivity index (χ0v) is 14.1. The predicted molar refractivity (Wildman–Crippen MR) is 95.1 cm³/mol. The number of amides is 2. The molecule has 2 amide bonds. The van der Waals surface area contributed by atoms with Crippen molar-refractivity contribution < 1.29 is 9.59 Å². The number of nitrogens with zero attached hydrogens (tertiary/aromatic N) is 1. The maximum absolute atomic E-state index is 12.3. The Morgan fingerprint density at radius 1 is 1.12 bits per heavy atom. The monoisotopic (exact) mass is 363 g/mol. The van der Waals surface area contributed by atoms with Crippen LogP contribution in [-0.2, 0) is 9.59 Å². The molecule has 0 spiro atoms. The number of para-hydroxylation sites is 1. The first kappa shape index (κ1) is 16.6. The average Bonchev–Trinajstić information content (AvgIpc) is 2.95. The van der Waals surface area contributed by atoms with Crippen molar-refractivity contribution >= 4 is 46.4 Å². The highest BCUT2D eigenvalue weighted by Crippen LogP contribution is 2.31. The van der Waals surface area contributed by atoms with Crippen LogP contribution < -0.4 is 15.8 Å². The van der Waals surface area contributed by atoms with E-state index in [9.17, 15) is 9.59 Å². The maximum atomic E-state index is 12.3. The molecule has 24 heavy (non-hydrogen) atoms. The van der Waals surface area contributed by atoms with E-state index in [1.165, 1.54) is 0 Å². The Labute approximate surface area is 149 Å². The van der Waals surface area contributed by atoms with Crippen molar-refractivity contribution in [3.63, 3.8) is 0 Å². The number of carbonyl (C=O) groups is 2. The average molecular weight is 364 g/mol. The molecular formula is C17H15Cl2N3O2. The van der Waals surface area contributed by atoms with Crippen LogP contribution in [0.15, 0.2) is 48.5 Å². The van der Waals surface area contributed by atoms with Gasteiger partial charge in [0.2, 0.25) is 11.8 Å². The van der Waals surface area contributed by atoms with Crippen molar-refractivity contribution in [3.8, 4) is 0 Å². The van der Waals surface area contributed by atoms with Gasteiger partial charge in [-0.25, -0.2) is 0 Å². The van der Waals surface area contributed by atoms with Crippen LogP contribution in [0, 0.1) is 5.92 Å². The van der Waals surface area contributed by atoms with Crippen LogP contribution in [0.5, 0.6) is 0 Å². The number of hydrogen-bond donors (Lipinski definition) is 2. The summed E-state index contributed by atoms with van der Waals surface area (Å²) in [7, 11) is 0. The summed E-state index contributed by atoms with van der Waals surface area (Å²) in [5, 5.41) is 1.05. The Kier molecular flexibility index (Phi) is 4.92.